The molecule has 0 aromatic heterocycles. The lowest BCUT2D eigenvalue weighted by Gasteiger charge is -2.38. The van der Waals surface area contributed by atoms with Crippen molar-refractivity contribution in [2.24, 2.45) is 5.92 Å². The standard InChI is InChI=1S/C26H19BrCl5NO2/c1-34-21-9-13(8-16(27)26(21)35-11-12-5-6-17(28)18(29)7-12)24-15-4-2-3-14(15)22-23(32)19(30)10-20(31)25(22)33-24/h2-3,5-10,14-15,24,33H,4,11H2,1H3/t14-,15+,24+/m1/s1. The van der Waals surface area contributed by atoms with Crippen LogP contribution in [0.5, 0.6) is 11.5 Å². The lowest BCUT2D eigenvalue weighted by Crippen LogP contribution is -2.29. The molecule has 0 amide bonds. The highest BCUT2D eigenvalue weighted by Crippen LogP contribution is 2.55. The molecule has 1 N–H and O–H groups in total. The van der Waals surface area contributed by atoms with Gasteiger partial charge in [0.25, 0.3) is 0 Å². The molecule has 0 spiro atoms. The summed E-state index contributed by atoms with van der Waals surface area (Å²) in [7, 11) is 1.62. The maximum Gasteiger partial charge on any atom is 0.175 e. The molecular weight excluding hydrogens is 615 g/mol. The highest BCUT2D eigenvalue weighted by atomic mass is 79.9. The second kappa shape index (κ2) is 10.2. The molecule has 9 heteroatoms. The summed E-state index contributed by atoms with van der Waals surface area (Å²) in [5.74, 6) is 1.57. The molecule has 2 aliphatic rings. The van der Waals surface area contributed by atoms with Gasteiger partial charge in [0.15, 0.2) is 11.5 Å². The highest BCUT2D eigenvalue weighted by Gasteiger charge is 2.41. The van der Waals surface area contributed by atoms with E-state index in [0.29, 0.717) is 43.2 Å². The first-order valence-corrected chi connectivity index (χ1v) is 13.5. The molecule has 3 atom stereocenters. The Bertz CT molecular complexity index is 1350. The molecule has 0 fully saturated rings. The zero-order valence-corrected chi connectivity index (χ0v) is 23.7. The molecular formula is C26H19BrCl5NO2. The third kappa shape index (κ3) is 4.74. The summed E-state index contributed by atoms with van der Waals surface area (Å²) in [6.45, 7) is 0.309. The molecule has 0 saturated carbocycles. The molecule has 35 heavy (non-hydrogen) atoms. The van der Waals surface area contributed by atoms with Gasteiger partial charge in [0, 0.05) is 11.5 Å². The summed E-state index contributed by atoms with van der Waals surface area (Å²) < 4.78 is 12.6. The highest BCUT2D eigenvalue weighted by molar-refractivity contribution is 9.10. The van der Waals surface area contributed by atoms with Crippen LogP contribution in [0, 0.1) is 5.92 Å². The molecule has 3 aromatic carbocycles. The Balaban J connectivity index is 1.48. The van der Waals surface area contributed by atoms with Gasteiger partial charge in [-0.1, -0.05) is 76.2 Å². The molecule has 1 heterocycles. The lowest BCUT2D eigenvalue weighted by atomic mass is 9.77. The summed E-state index contributed by atoms with van der Waals surface area (Å²) in [5.41, 5.74) is 3.70. The van der Waals surface area contributed by atoms with Crippen LogP contribution in [0.3, 0.4) is 0 Å². The minimum Gasteiger partial charge on any atom is -0.493 e. The van der Waals surface area contributed by atoms with E-state index in [9.17, 15) is 0 Å². The van der Waals surface area contributed by atoms with Gasteiger partial charge in [0.2, 0.25) is 0 Å². The quantitative estimate of drug-likeness (QED) is 0.224. The van der Waals surface area contributed by atoms with E-state index in [-0.39, 0.29) is 17.9 Å². The Hall–Kier alpha value is -1.27. The average Bonchev–Trinajstić information content (AvgIpc) is 3.32. The Kier molecular flexibility index (Phi) is 7.43. The zero-order valence-electron chi connectivity index (χ0n) is 18.3. The fourth-order valence-electron chi connectivity index (χ4n) is 4.84. The second-order valence-corrected chi connectivity index (χ2v) is 11.4. The van der Waals surface area contributed by atoms with E-state index in [2.05, 4.69) is 39.5 Å². The van der Waals surface area contributed by atoms with Crippen LogP contribution in [0.2, 0.25) is 25.1 Å². The third-order valence-corrected chi connectivity index (χ3v) is 8.89. The first-order valence-electron chi connectivity index (χ1n) is 10.8. The first-order chi connectivity index (χ1) is 16.8. The monoisotopic (exact) mass is 631 g/mol. The lowest BCUT2D eigenvalue weighted by molar-refractivity contribution is 0.282. The number of hydrogen-bond donors (Lipinski definition) is 1. The number of hydrogen-bond acceptors (Lipinski definition) is 3. The summed E-state index contributed by atoms with van der Waals surface area (Å²) in [6, 6.07) is 11.1. The van der Waals surface area contributed by atoms with Crippen LogP contribution in [-0.2, 0) is 6.61 Å². The molecule has 0 unspecified atom stereocenters. The first kappa shape index (κ1) is 25.4. The van der Waals surface area contributed by atoms with E-state index in [1.54, 1.807) is 25.3 Å². The molecule has 1 aliphatic carbocycles. The predicted octanol–water partition coefficient (Wildman–Crippen LogP) is 10.1. The van der Waals surface area contributed by atoms with E-state index in [4.69, 9.17) is 67.5 Å². The number of methoxy groups -OCH3 is 1. The summed E-state index contributed by atoms with van der Waals surface area (Å²) >= 11 is 35.4. The molecule has 182 valence electrons. The number of ether oxygens (including phenoxy) is 2. The van der Waals surface area contributed by atoms with Crippen LogP contribution in [0.4, 0.5) is 5.69 Å². The van der Waals surface area contributed by atoms with Gasteiger partial charge in [0.1, 0.15) is 6.61 Å². The average molecular weight is 635 g/mol. The fourth-order valence-corrected chi connectivity index (χ4v) is 6.54. The molecule has 3 aromatic rings. The smallest absolute Gasteiger partial charge is 0.175 e. The van der Waals surface area contributed by atoms with Crippen molar-refractivity contribution in [1.29, 1.82) is 0 Å². The fraction of sp³-hybridized carbons (Fsp3) is 0.231. The van der Waals surface area contributed by atoms with Crippen molar-refractivity contribution in [1.82, 2.24) is 0 Å². The van der Waals surface area contributed by atoms with Crippen molar-refractivity contribution in [2.45, 2.75) is 25.0 Å². The SMILES string of the molecule is COc1cc([C@@H]2Nc3c(Cl)cc(Cl)c(Cl)c3[C@@H]3C=CC[C@@H]32)cc(Br)c1OCc1ccc(Cl)c(Cl)c1. The minimum atomic E-state index is -0.0217. The molecule has 3 nitrogen and oxygen atoms in total. The molecule has 0 radical (unpaired) electrons. The number of allylic oxidation sites excluding steroid dienone is 2. The van der Waals surface area contributed by atoms with Gasteiger partial charge < -0.3 is 14.8 Å². The molecule has 5 rings (SSSR count). The van der Waals surface area contributed by atoms with Crippen molar-refractivity contribution < 1.29 is 9.47 Å². The van der Waals surface area contributed by atoms with Crippen molar-refractivity contribution >= 4 is 79.6 Å². The zero-order chi connectivity index (χ0) is 24.9. The maximum absolute atomic E-state index is 6.62. The summed E-state index contributed by atoms with van der Waals surface area (Å²) in [6.07, 6.45) is 5.28. The largest absolute Gasteiger partial charge is 0.493 e. The Morgan fingerprint density at radius 2 is 1.77 bits per heavy atom. The number of rotatable bonds is 5. The van der Waals surface area contributed by atoms with E-state index in [0.717, 1.165) is 33.3 Å². The Morgan fingerprint density at radius 3 is 2.51 bits per heavy atom. The minimum absolute atomic E-state index is 0.0217. The van der Waals surface area contributed by atoms with E-state index >= 15 is 0 Å². The Morgan fingerprint density at radius 1 is 0.971 bits per heavy atom. The third-order valence-electron chi connectivity index (χ3n) is 6.46. The number of nitrogens with one attached hydrogen (secondary N) is 1. The van der Waals surface area contributed by atoms with Gasteiger partial charge in [-0.15, -0.1) is 0 Å². The Labute approximate surface area is 237 Å². The van der Waals surface area contributed by atoms with Crippen molar-refractivity contribution in [3.05, 3.63) is 94.8 Å². The topological polar surface area (TPSA) is 30.5 Å². The van der Waals surface area contributed by atoms with Gasteiger partial charge in [-0.25, -0.2) is 0 Å². The number of benzene rings is 3. The molecule has 0 saturated heterocycles. The summed E-state index contributed by atoms with van der Waals surface area (Å²) in [5, 5.41) is 6.17. The van der Waals surface area contributed by atoms with E-state index in [1.165, 1.54) is 0 Å². The molecule has 1 aliphatic heterocycles. The van der Waals surface area contributed by atoms with Gasteiger partial charge in [-0.3, -0.25) is 0 Å². The van der Waals surface area contributed by atoms with Gasteiger partial charge >= 0.3 is 0 Å². The van der Waals surface area contributed by atoms with Crippen molar-refractivity contribution in [2.75, 3.05) is 12.4 Å². The van der Waals surface area contributed by atoms with E-state index < -0.39 is 0 Å². The van der Waals surface area contributed by atoms with Crippen molar-refractivity contribution in [3.63, 3.8) is 0 Å². The van der Waals surface area contributed by atoms with Crippen molar-refractivity contribution in [3.8, 4) is 11.5 Å². The van der Waals surface area contributed by atoms with Crippen LogP contribution in [0.1, 0.15) is 35.1 Å². The van der Waals surface area contributed by atoms with Gasteiger partial charge in [-0.05, 0) is 69.7 Å². The van der Waals surface area contributed by atoms with Crippen LogP contribution in [-0.4, -0.2) is 7.11 Å². The molecule has 0 bridgehead atoms. The van der Waals surface area contributed by atoms with Crippen LogP contribution >= 0.6 is 73.9 Å². The number of halogens is 6. The normalized spacial score (nSPS) is 20.3. The second-order valence-electron chi connectivity index (χ2n) is 8.49. The summed E-state index contributed by atoms with van der Waals surface area (Å²) in [4.78, 5) is 0. The number of anilines is 1. The van der Waals surface area contributed by atoms with Gasteiger partial charge in [-0.2, -0.15) is 0 Å². The van der Waals surface area contributed by atoms with Crippen LogP contribution in [0.15, 0.2) is 53.0 Å². The van der Waals surface area contributed by atoms with Crippen LogP contribution < -0.4 is 14.8 Å². The maximum atomic E-state index is 6.62. The van der Waals surface area contributed by atoms with E-state index in [1.807, 2.05) is 12.1 Å². The van der Waals surface area contributed by atoms with Crippen LogP contribution in [0.25, 0.3) is 0 Å². The van der Waals surface area contributed by atoms with Gasteiger partial charge in [0.05, 0.1) is 48.4 Å². The number of fused-ring (bicyclic) bond motifs is 3. The predicted molar refractivity (Wildman–Crippen MR) is 149 cm³/mol.